The molecule has 3 fully saturated rings. The summed E-state index contributed by atoms with van der Waals surface area (Å²) in [6.07, 6.45) is 5.14. The van der Waals surface area contributed by atoms with Gasteiger partial charge in [-0.3, -0.25) is 19.2 Å². The SMILES string of the molecule is COc1cccc(C(=O)CN(C(=O)c2ccc(Cl)c(Cl)c2)N2C(=O)[C@@H]3[C@H]4C=C[C@@H]([C@@H]5C[C@H]45)[C@H]3C2=O)c1. The number of carbonyl (C=O) groups excluding carboxylic acids is 4. The van der Waals surface area contributed by atoms with Crippen LogP contribution < -0.4 is 4.74 Å². The summed E-state index contributed by atoms with van der Waals surface area (Å²) in [4.78, 5) is 54.5. The number of amides is 3. The molecular formula is C27H22Cl2N2O5. The minimum atomic E-state index is -0.685. The van der Waals surface area contributed by atoms with Gasteiger partial charge in [0.2, 0.25) is 0 Å². The van der Waals surface area contributed by atoms with Gasteiger partial charge in [-0.25, -0.2) is 5.01 Å². The average Bonchev–Trinajstić information content (AvgIpc) is 3.67. The lowest BCUT2D eigenvalue weighted by atomic mass is 9.63. The molecule has 2 bridgehead atoms. The van der Waals surface area contributed by atoms with Crippen molar-refractivity contribution in [1.29, 1.82) is 0 Å². The Balaban J connectivity index is 1.37. The number of ether oxygens (including phenoxy) is 1. The van der Waals surface area contributed by atoms with E-state index in [0.29, 0.717) is 23.1 Å². The molecule has 1 saturated heterocycles. The van der Waals surface area contributed by atoms with Gasteiger partial charge in [0, 0.05) is 11.1 Å². The van der Waals surface area contributed by atoms with Gasteiger partial charge in [0.1, 0.15) is 12.3 Å². The molecule has 184 valence electrons. The van der Waals surface area contributed by atoms with E-state index in [0.717, 1.165) is 16.4 Å². The quantitative estimate of drug-likeness (QED) is 0.319. The normalized spacial score (nSPS) is 29.1. The number of rotatable bonds is 6. The summed E-state index contributed by atoms with van der Waals surface area (Å²) in [7, 11) is 1.49. The van der Waals surface area contributed by atoms with Crippen molar-refractivity contribution >= 4 is 46.7 Å². The van der Waals surface area contributed by atoms with Gasteiger partial charge in [0.05, 0.1) is 29.0 Å². The molecule has 2 aromatic rings. The highest BCUT2D eigenvalue weighted by molar-refractivity contribution is 6.42. The van der Waals surface area contributed by atoms with E-state index < -0.39 is 41.9 Å². The van der Waals surface area contributed by atoms with Crippen LogP contribution in [-0.4, -0.2) is 47.2 Å². The molecule has 6 atom stereocenters. The molecule has 36 heavy (non-hydrogen) atoms. The number of methoxy groups -OCH3 is 1. The lowest BCUT2D eigenvalue weighted by molar-refractivity contribution is -0.154. The molecule has 1 heterocycles. The summed E-state index contributed by atoms with van der Waals surface area (Å²) in [5.74, 6) is -1.72. The molecule has 2 aromatic carbocycles. The molecule has 1 aliphatic heterocycles. The predicted molar refractivity (Wildman–Crippen MR) is 131 cm³/mol. The number of hydrogen-bond donors (Lipinski definition) is 0. The van der Waals surface area contributed by atoms with Crippen LogP contribution in [0.3, 0.4) is 0 Å². The smallest absolute Gasteiger partial charge is 0.273 e. The molecule has 0 spiro atoms. The lowest BCUT2D eigenvalue weighted by Crippen LogP contribution is -2.52. The van der Waals surface area contributed by atoms with Crippen LogP contribution in [0, 0.1) is 35.5 Å². The zero-order valence-corrected chi connectivity index (χ0v) is 20.8. The second kappa shape index (κ2) is 8.46. The number of nitrogens with zero attached hydrogens (tertiary/aromatic N) is 2. The van der Waals surface area contributed by atoms with Gasteiger partial charge in [-0.1, -0.05) is 47.5 Å². The van der Waals surface area contributed by atoms with Crippen molar-refractivity contribution in [3.8, 4) is 5.75 Å². The van der Waals surface area contributed by atoms with Crippen LogP contribution in [0.2, 0.25) is 10.0 Å². The first-order chi connectivity index (χ1) is 17.3. The number of halogens is 2. The summed E-state index contributed by atoms with van der Waals surface area (Å²) < 4.78 is 5.21. The minimum absolute atomic E-state index is 0.0116. The molecule has 3 amide bonds. The van der Waals surface area contributed by atoms with E-state index in [1.165, 1.54) is 25.3 Å². The maximum absolute atomic E-state index is 13.7. The van der Waals surface area contributed by atoms with Crippen molar-refractivity contribution < 1.29 is 23.9 Å². The summed E-state index contributed by atoms with van der Waals surface area (Å²) in [6, 6.07) is 10.8. The zero-order chi connectivity index (χ0) is 25.3. The first-order valence-electron chi connectivity index (χ1n) is 11.8. The van der Waals surface area contributed by atoms with Gasteiger partial charge in [0.25, 0.3) is 17.7 Å². The van der Waals surface area contributed by atoms with Gasteiger partial charge < -0.3 is 4.74 Å². The molecule has 0 radical (unpaired) electrons. The minimum Gasteiger partial charge on any atom is -0.497 e. The first-order valence-corrected chi connectivity index (χ1v) is 12.6. The van der Waals surface area contributed by atoms with Crippen molar-refractivity contribution in [2.24, 2.45) is 35.5 Å². The van der Waals surface area contributed by atoms with Crippen LogP contribution in [-0.2, 0) is 9.59 Å². The summed E-state index contributed by atoms with van der Waals surface area (Å²) in [5.41, 5.74) is 0.406. The zero-order valence-electron chi connectivity index (χ0n) is 19.3. The monoisotopic (exact) mass is 524 g/mol. The van der Waals surface area contributed by atoms with Gasteiger partial charge in [-0.2, -0.15) is 5.01 Å². The molecule has 2 saturated carbocycles. The van der Waals surface area contributed by atoms with Crippen LogP contribution in [0.25, 0.3) is 0 Å². The highest BCUT2D eigenvalue weighted by atomic mass is 35.5. The van der Waals surface area contributed by atoms with E-state index >= 15 is 0 Å². The van der Waals surface area contributed by atoms with Gasteiger partial charge in [0.15, 0.2) is 5.78 Å². The molecule has 0 aromatic heterocycles. The molecule has 0 unspecified atom stereocenters. The average molecular weight is 525 g/mol. The van der Waals surface area contributed by atoms with Crippen molar-refractivity contribution in [3.05, 3.63) is 75.8 Å². The Morgan fingerprint density at radius 2 is 1.61 bits per heavy atom. The number of carbonyl (C=O) groups is 4. The fourth-order valence-corrected chi connectivity index (χ4v) is 6.51. The Bertz CT molecular complexity index is 1320. The second-order valence-electron chi connectivity index (χ2n) is 9.79. The third kappa shape index (κ3) is 3.48. The standard InChI is InChI=1S/C27H22Cl2N2O5/c1-36-15-4-2-3-13(9-15)22(32)12-30(25(33)14-5-8-20(28)21(29)10-14)31-26(34)23-16-6-7-17(19-11-18(16)19)24(23)27(31)35/h2-10,16-19,23-24H,11-12H2,1H3/t16-,17-,18-,19+,23+,24+/m0/s1. The largest absolute Gasteiger partial charge is 0.497 e. The molecule has 7 rings (SSSR count). The highest BCUT2D eigenvalue weighted by Gasteiger charge is 2.68. The summed E-state index contributed by atoms with van der Waals surface area (Å²) in [5, 5.41) is 2.29. The van der Waals surface area contributed by atoms with Gasteiger partial charge in [-0.15, -0.1) is 0 Å². The summed E-state index contributed by atoms with van der Waals surface area (Å²) >= 11 is 12.2. The van der Waals surface area contributed by atoms with E-state index in [-0.39, 0.29) is 27.4 Å². The summed E-state index contributed by atoms with van der Waals surface area (Å²) in [6.45, 7) is -0.501. The molecule has 0 N–H and O–H groups in total. The number of benzene rings is 2. The third-order valence-corrected chi connectivity index (χ3v) is 8.71. The first kappa shape index (κ1) is 23.3. The Labute approximate surface area is 217 Å². The van der Waals surface area contributed by atoms with Crippen LogP contribution in [0.4, 0.5) is 0 Å². The van der Waals surface area contributed by atoms with Crippen LogP contribution in [0.15, 0.2) is 54.6 Å². The maximum atomic E-state index is 13.7. The van der Waals surface area contributed by atoms with Crippen molar-refractivity contribution in [2.75, 3.05) is 13.7 Å². The maximum Gasteiger partial charge on any atom is 0.273 e. The molecule has 5 aliphatic rings. The second-order valence-corrected chi connectivity index (χ2v) is 10.6. The predicted octanol–water partition coefficient (Wildman–Crippen LogP) is 4.30. The van der Waals surface area contributed by atoms with E-state index in [2.05, 4.69) is 12.2 Å². The number of hydrazine groups is 1. The van der Waals surface area contributed by atoms with Crippen LogP contribution in [0.5, 0.6) is 5.75 Å². The van der Waals surface area contributed by atoms with E-state index in [4.69, 9.17) is 27.9 Å². The van der Waals surface area contributed by atoms with E-state index in [1.807, 2.05) is 0 Å². The fourth-order valence-electron chi connectivity index (χ4n) is 6.21. The molecule has 7 nitrogen and oxygen atoms in total. The molecule has 9 heteroatoms. The van der Waals surface area contributed by atoms with Crippen molar-refractivity contribution in [2.45, 2.75) is 6.42 Å². The Hall–Kier alpha value is -3.16. The lowest BCUT2D eigenvalue weighted by Gasteiger charge is -2.37. The molecule has 4 aliphatic carbocycles. The number of Topliss-reactive ketones (excluding diaryl/α,β-unsaturated/α-hetero) is 1. The van der Waals surface area contributed by atoms with Crippen molar-refractivity contribution in [1.82, 2.24) is 10.0 Å². The van der Waals surface area contributed by atoms with Gasteiger partial charge in [-0.05, 0) is 60.4 Å². The Kier molecular flexibility index (Phi) is 5.46. The van der Waals surface area contributed by atoms with Crippen molar-refractivity contribution in [3.63, 3.8) is 0 Å². The number of hydrogen-bond acceptors (Lipinski definition) is 5. The van der Waals surface area contributed by atoms with E-state index in [1.54, 1.807) is 24.3 Å². The van der Waals surface area contributed by atoms with Crippen LogP contribution in [0.1, 0.15) is 27.1 Å². The highest BCUT2D eigenvalue weighted by Crippen LogP contribution is 2.65. The fraction of sp³-hybridized carbons (Fsp3) is 0.333. The number of allylic oxidation sites excluding steroid dienone is 2. The Morgan fingerprint density at radius 3 is 2.22 bits per heavy atom. The number of ketones is 1. The number of imide groups is 1. The Morgan fingerprint density at radius 1 is 0.944 bits per heavy atom. The molecular weight excluding hydrogens is 503 g/mol. The topological polar surface area (TPSA) is 84.0 Å². The third-order valence-electron chi connectivity index (χ3n) is 7.97. The van der Waals surface area contributed by atoms with Gasteiger partial charge >= 0.3 is 0 Å². The van der Waals surface area contributed by atoms with E-state index in [9.17, 15) is 19.2 Å². The van der Waals surface area contributed by atoms with Crippen LogP contribution >= 0.6 is 23.2 Å².